The van der Waals surface area contributed by atoms with Gasteiger partial charge in [-0.3, -0.25) is 14.4 Å². The van der Waals surface area contributed by atoms with Gasteiger partial charge in [-0.05, 0) is 12.1 Å². The minimum Gasteiger partial charge on any atom is -0.344 e. The van der Waals surface area contributed by atoms with Gasteiger partial charge in [0, 0.05) is 6.92 Å². The van der Waals surface area contributed by atoms with Crippen LogP contribution in [0.3, 0.4) is 0 Å². The van der Waals surface area contributed by atoms with Gasteiger partial charge in [0.15, 0.2) is 0 Å². The van der Waals surface area contributed by atoms with E-state index in [0.717, 1.165) is 4.90 Å². The van der Waals surface area contributed by atoms with E-state index in [2.05, 4.69) is 5.32 Å². The van der Waals surface area contributed by atoms with Gasteiger partial charge in [-0.1, -0.05) is 18.2 Å². The number of hydrogen-bond acceptors (Lipinski definition) is 3. The molecule has 0 spiro atoms. The van der Waals surface area contributed by atoms with Crippen LogP contribution in [0.1, 0.15) is 13.3 Å². The Morgan fingerprint density at radius 1 is 1.29 bits per heavy atom. The van der Waals surface area contributed by atoms with Gasteiger partial charge in [-0.15, -0.1) is 0 Å². The lowest BCUT2D eigenvalue weighted by Gasteiger charge is -2.14. The molecule has 1 atom stereocenters. The standard InChI is InChI=1S/C12H12N2O3/c1-8(15)13-10-7-11(16)14(12(10)17)9-5-3-2-4-6-9/h2-6,10H,7H2,1H3,(H,13,15). The summed E-state index contributed by atoms with van der Waals surface area (Å²) in [5.41, 5.74) is 0.537. The Balaban J connectivity index is 2.23. The van der Waals surface area contributed by atoms with Crippen LogP contribution in [0.25, 0.3) is 0 Å². The van der Waals surface area contributed by atoms with Crippen LogP contribution < -0.4 is 10.2 Å². The van der Waals surface area contributed by atoms with E-state index in [1.807, 2.05) is 0 Å². The highest BCUT2D eigenvalue weighted by atomic mass is 16.2. The molecule has 1 fully saturated rings. The molecule has 0 saturated carbocycles. The molecule has 0 bridgehead atoms. The highest BCUT2D eigenvalue weighted by molar-refractivity contribution is 6.22. The van der Waals surface area contributed by atoms with E-state index in [4.69, 9.17) is 0 Å². The number of benzene rings is 1. The lowest BCUT2D eigenvalue weighted by atomic mass is 10.2. The lowest BCUT2D eigenvalue weighted by Crippen LogP contribution is -2.40. The molecular formula is C12H12N2O3. The molecule has 0 aromatic heterocycles. The van der Waals surface area contributed by atoms with Gasteiger partial charge in [-0.25, -0.2) is 4.90 Å². The van der Waals surface area contributed by atoms with Crippen LogP contribution >= 0.6 is 0 Å². The summed E-state index contributed by atoms with van der Waals surface area (Å²) in [5.74, 6) is -0.984. The number of imide groups is 1. The van der Waals surface area contributed by atoms with Crippen LogP contribution in [-0.4, -0.2) is 23.8 Å². The number of rotatable bonds is 2. The van der Waals surface area contributed by atoms with Gasteiger partial charge < -0.3 is 5.32 Å². The monoisotopic (exact) mass is 232 g/mol. The largest absolute Gasteiger partial charge is 0.344 e. The Hall–Kier alpha value is -2.17. The second kappa shape index (κ2) is 4.37. The number of para-hydroxylation sites is 1. The van der Waals surface area contributed by atoms with Gasteiger partial charge in [0.05, 0.1) is 12.1 Å². The predicted octanol–water partition coefficient (Wildman–Crippen LogP) is 0.455. The third-order valence-corrected chi connectivity index (χ3v) is 2.54. The topological polar surface area (TPSA) is 66.5 Å². The summed E-state index contributed by atoms with van der Waals surface area (Å²) in [6.07, 6.45) is 0.0211. The fraction of sp³-hybridized carbons (Fsp3) is 0.250. The van der Waals surface area contributed by atoms with Crippen LogP contribution in [0.4, 0.5) is 5.69 Å². The van der Waals surface area contributed by atoms with Crippen molar-refractivity contribution in [1.29, 1.82) is 0 Å². The zero-order valence-electron chi connectivity index (χ0n) is 9.34. The second-order valence-electron chi connectivity index (χ2n) is 3.86. The number of carbonyl (C=O) groups is 3. The van der Waals surface area contributed by atoms with E-state index >= 15 is 0 Å². The van der Waals surface area contributed by atoms with Crippen LogP contribution in [0.2, 0.25) is 0 Å². The number of amides is 3. The lowest BCUT2D eigenvalue weighted by molar-refractivity contribution is -0.125. The van der Waals surface area contributed by atoms with Gasteiger partial charge in [-0.2, -0.15) is 0 Å². The van der Waals surface area contributed by atoms with Gasteiger partial charge in [0.1, 0.15) is 6.04 Å². The molecule has 0 radical (unpaired) electrons. The second-order valence-corrected chi connectivity index (χ2v) is 3.86. The number of nitrogens with one attached hydrogen (secondary N) is 1. The van der Waals surface area contributed by atoms with Crippen LogP contribution in [0.15, 0.2) is 30.3 Å². The van der Waals surface area contributed by atoms with Crippen LogP contribution in [0.5, 0.6) is 0 Å². The SMILES string of the molecule is CC(=O)NC1CC(=O)N(c2ccccc2)C1=O. The zero-order chi connectivity index (χ0) is 12.4. The molecule has 1 heterocycles. The fourth-order valence-corrected chi connectivity index (χ4v) is 1.84. The molecule has 88 valence electrons. The molecule has 3 amide bonds. The van der Waals surface area contributed by atoms with Crippen molar-refractivity contribution in [1.82, 2.24) is 5.32 Å². The summed E-state index contributed by atoms with van der Waals surface area (Å²) in [6, 6.07) is 7.95. The Kier molecular flexibility index (Phi) is 2.91. The minimum absolute atomic E-state index is 0.0211. The van der Waals surface area contributed by atoms with Crippen LogP contribution in [-0.2, 0) is 14.4 Å². The average molecular weight is 232 g/mol. The first-order valence-corrected chi connectivity index (χ1v) is 5.28. The van der Waals surface area contributed by atoms with E-state index in [1.54, 1.807) is 30.3 Å². The fourth-order valence-electron chi connectivity index (χ4n) is 1.84. The summed E-state index contributed by atoms with van der Waals surface area (Å²) in [4.78, 5) is 35.7. The molecule has 1 aromatic rings. The molecule has 17 heavy (non-hydrogen) atoms. The highest BCUT2D eigenvalue weighted by Gasteiger charge is 2.39. The van der Waals surface area contributed by atoms with Crippen molar-refractivity contribution >= 4 is 23.4 Å². The van der Waals surface area contributed by atoms with Crippen molar-refractivity contribution in [3.05, 3.63) is 30.3 Å². The van der Waals surface area contributed by atoms with E-state index in [0.29, 0.717) is 5.69 Å². The molecule has 1 N–H and O–H groups in total. The number of anilines is 1. The molecule has 5 nitrogen and oxygen atoms in total. The molecule has 1 aliphatic rings. The summed E-state index contributed by atoms with van der Waals surface area (Å²) >= 11 is 0. The van der Waals surface area contributed by atoms with E-state index in [9.17, 15) is 14.4 Å². The van der Waals surface area contributed by atoms with Crippen molar-refractivity contribution < 1.29 is 14.4 Å². The van der Waals surface area contributed by atoms with Crippen molar-refractivity contribution in [2.24, 2.45) is 0 Å². The van der Waals surface area contributed by atoms with Crippen molar-refractivity contribution in [3.63, 3.8) is 0 Å². The normalized spacial score (nSPS) is 19.6. The van der Waals surface area contributed by atoms with Crippen molar-refractivity contribution in [2.75, 3.05) is 4.90 Å². The average Bonchev–Trinajstić information content (AvgIpc) is 2.54. The first-order valence-electron chi connectivity index (χ1n) is 5.28. The Morgan fingerprint density at radius 2 is 1.94 bits per heavy atom. The van der Waals surface area contributed by atoms with Crippen molar-refractivity contribution in [2.45, 2.75) is 19.4 Å². The number of hydrogen-bond donors (Lipinski definition) is 1. The third-order valence-electron chi connectivity index (χ3n) is 2.54. The molecule has 1 saturated heterocycles. The van der Waals surface area contributed by atoms with Gasteiger partial charge >= 0.3 is 0 Å². The molecule has 5 heteroatoms. The maximum atomic E-state index is 11.9. The van der Waals surface area contributed by atoms with Crippen molar-refractivity contribution in [3.8, 4) is 0 Å². The highest BCUT2D eigenvalue weighted by Crippen LogP contribution is 2.22. The van der Waals surface area contributed by atoms with Gasteiger partial charge in [0.2, 0.25) is 11.8 Å². The predicted molar refractivity (Wildman–Crippen MR) is 61.2 cm³/mol. The summed E-state index contributed by atoms with van der Waals surface area (Å²) in [6.45, 7) is 1.32. The number of carbonyl (C=O) groups excluding carboxylic acids is 3. The molecule has 1 unspecified atom stereocenters. The molecule has 1 aromatic carbocycles. The van der Waals surface area contributed by atoms with Crippen LogP contribution in [0, 0.1) is 0 Å². The Morgan fingerprint density at radius 3 is 2.53 bits per heavy atom. The summed E-state index contributed by atoms with van der Waals surface area (Å²) in [5, 5.41) is 2.47. The molecular weight excluding hydrogens is 220 g/mol. The molecule has 0 aliphatic carbocycles. The Bertz CT molecular complexity index is 470. The minimum atomic E-state index is -0.736. The molecule has 1 aliphatic heterocycles. The smallest absolute Gasteiger partial charge is 0.256 e. The number of nitrogens with zero attached hydrogens (tertiary/aromatic N) is 1. The summed E-state index contributed by atoms with van der Waals surface area (Å²) in [7, 11) is 0. The van der Waals surface area contributed by atoms with E-state index < -0.39 is 6.04 Å². The van der Waals surface area contributed by atoms with Gasteiger partial charge in [0.25, 0.3) is 5.91 Å². The quantitative estimate of drug-likeness (QED) is 0.753. The van der Waals surface area contributed by atoms with E-state index in [1.165, 1.54) is 6.92 Å². The Labute approximate surface area is 98.4 Å². The zero-order valence-corrected chi connectivity index (χ0v) is 9.34. The summed E-state index contributed by atoms with van der Waals surface area (Å²) < 4.78 is 0. The maximum Gasteiger partial charge on any atom is 0.256 e. The molecule has 2 rings (SSSR count). The maximum absolute atomic E-state index is 11.9. The first kappa shape index (κ1) is 11.3. The third kappa shape index (κ3) is 2.18. The van der Waals surface area contributed by atoms with E-state index in [-0.39, 0.29) is 24.1 Å². The first-order chi connectivity index (χ1) is 8.09.